The molecule has 0 aliphatic heterocycles. The van der Waals surface area contributed by atoms with E-state index in [0.29, 0.717) is 11.5 Å². The molecule has 1 aromatic carbocycles. The summed E-state index contributed by atoms with van der Waals surface area (Å²) in [5, 5.41) is 3.91. The Labute approximate surface area is 117 Å². The van der Waals surface area contributed by atoms with Crippen molar-refractivity contribution < 1.29 is 0 Å². The second kappa shape index (κ2) is 5.28. The summed E-state index contributed by atoms with van der Waals surface area (Å²) < 4.78 is 0. The Bertz CT molecular complexity index is 414. The van der Waals surface area contributed by atoms with Gasteiger partial charge in [0.25, 0.3) is 0 Å². The van der Waals surface area contributed by atoms with Crippen molar-refractivity contribution >= 4 is 0 Å². The van der Waals surface area contributed by atoms with Crippen LogP contribution in [0.5, 0.6) is 0 Å². The quantitative estimate of drug-likeness (QED) is 0.823. The largest absolute Gasteiger partial charge is 0.307 e. The van der Waals surface area contributed by atoms with Crippen LogP contribution in [0.1, 0.15) is 69.0 Å². The normalized spacial score (nSPS) is 26.9. The fraction of sp³-hybridized carbons (Fsp3) is 0.667. The third kappa shape index (κ3) is 2.58. The molecule has 1 unspecified atom stereocenters. The van der Waals surface area contributed by atoms with Crippen LogP contribution in [-0.4, -0.2) is 6.04 Å². The summed E-state index contributed by atoms with van der Waals surface area (Å²) in [6.07, 6.45) is 10.1. The van der Waals surface area contributed by atoms with E-state index in [1.807, 2.05) is 0 Å². The number of aryl methyl sites for hydroxylation is 1. The van der Waals surface area contributed by atoms with Gasteiger partial charge in [0.2, 0.25) is 0 Å². The Morgan fingerprint density at radius 1 is 1.05 bits per heavy atom. The van der Waals surface area contributed by atoms with Crippen LogP contribution in [0.25, 0.3) is 0 Å². The van der Waals surface area contributed by atoms with Crippen molar-refractivity contribution in [3.8, 4) is 0 Å². The SMILES string of the molecule is Cc1ccc([C@@H](C)NC2CCC23CCCCC3)cc1. The average molecular weight is 257 g/mol. The molecule has 0 amide bonds. The van der Waals surface area contributed by atoms with E-state index in [2.05, 4.69) is 43.4 Å². The molecule has 2 aliphatic rings. The molecule has 0 radical (unpaired) electrons. The van der Waals surface area contributed by atoms with E-state index in [4.69, 9.17) is 0 Å². The van der Waals surface area contributed by atoms with Crippen LogP contribution in [0.15, 0.2) is 24.3 Å². The molecule has 2 aliphatic carbocycles. The van der Waals surface area contributed by atoms with E-state index >= 15 is 0 Å². The van der Waals surface area contributed by atoms with Crippen LogP contribution in [0.2, 0.25) is 0 Å². The molecule has 1 aromatic rings. The van der Waals surface area contributed by atoms with E-state index in [-0.39, 0.29) is 0 Å². The van der Waals surface area contributed by atoms with Crippen molar-refractivity contribution in [3.05, 3.63) is 35.4 Å². The van der Waals surface area contributed by atoms with Crippen LogP contribution in [0.3, 0.4) is 0 Å². The van der Waals surface area contributed by atoms with Crippen LogP contribution in [0, 0.1) is 12.3 Å². The molecule has 1 spiro atoms. The van der Waals surface area contributed by atoms with Crippen molar-refractivity contribution in [1.29, 1.82) is 0 Å². The lowest BCUT2D eigenvalue weighted by atomic mass is 9.57. The van der Waals surface area contributed by atoms with Crippen molar-refractivity contribution in [1.82, 2.24) is 5.32 Å². The second-order valence-corrected chi connectivity index (χ2v) is 6.81. The number of rotatable bonds is 3. The molecular weight excluding hydrogens is 230 g/mol. The molecular formula is C18H27N. The summed E-state index contributed by atoms with van der Waals surface area (Å²) >= 11 is 0. The molecule has 2 saturated carbocycles. The number of hydrogen-bond acceptors (Lipinski definition) is 1. The first kappa shape index (κ1) is 13.2. The van der Waals surface area contributed by atoms with Gasteiger partial charge in [-0.25, -0.2) is 0 Å². The minimum absolute atomic E-state index is 0.490. The van der Waals surface area contributed by atoms with Gasteiger partial charge in [0.1, 0.15) is 0 Å². The Kier molecular flexibility index (Phi) is 3.66. The minimum Gasteiger partial charge on any atom is -0.307 e. The first-order valence-electron chi connectivity index (χ1n) is 8.02. The summed E-state index contributed by atoms with van der Waals surface area (Å²) in [5.41, 5.74) is 3.45. The van der Waals surface area contributed by atoms with Crippen LogP contribution < -0.4 is 5.32 Å². The van der Waals surface area contributed by atoms with Crippen molar-refractivity contribution in [2.24, 2.45) is 5.41 Å². The van der Waals surface area contributed by atoms with Gasteiger partial charge in [0, 0.05) is 12.1 Å². The maximum absolute atomic E-state index is 3.91. The Balaban J connectivity index is 1.63. The summed E-state index contributed by atoms with van der Waals surface area (Å²) in [4.78, 5) is 0. The standard InChI is InChI=1S/C18H27N/c1-14-6-8-16(9-7-14)15(2)19-17-10-13-18(17)11-4-3-5-12-18/h6-9,15,17,19H,3-5,10-13H2,1-2H3/t15-,17?/m1/s1. The van der Waals surface area contributed by atoms with Gasteiger partial charge in [-0.3, -0.25) is 0 Å². The molecule has 1 heteroatoms. The zero-order chi connectivity index (χ0) is 13.3. The van der Waals surface area contributed by atoms with Crippen LogP contribution >= 0.6 is 0 Å². The van der Waals surface area contributed by atoms with Gasteiger partial charge in [-0.2, -0.15) is 0 Å². The summed E-state index contributed by atoms with van der Waals surface area (Å²) in [6, 6.07) is 10.3. The van der Waals surface area contributed by atoms with Gasteiger partial charge in [-0.05, 0) is 50.5 Å². The fourth-order valence-electron chi connectivity index (χ4n) is 4.06. The number of nitrogens with one attached hydrogen (secondary N) is 1. The third-order valence-electron chi connectivity index (χ3n) is 5.55. The lowest BCUT2D eigenvalue weighted by Gasteiger charge is -2.53. The molecule has 0 aromatic heterocycles. The van der Waals surface area contributed by atoms with Crippen molar-refractivity contribution in [2.45, 2.75) is 70.9 Å². The van der Waals surface area contributed by atoms with Crippen LogP contribution in [-0.2, 0) is 0 Å². The highest BCUT2D eigenvalue weighted by Crippen LogP contribution is 2.52. The summed E-state index contributed by atoms with van der Waals surface area (Å²) in [6.45, 7) is 4.48. The van der Waals surface area contributed by atoms with E-state index in [9.17, 15) is 0 Å². The monoisotopic (exact) mass is 257 g/mol. The molecule has 0 heterocycles. The lowest BCUT2D eigenvalue weighted by molar-refractivity contribution is 0.0174. The van der Waals surface area contributed by atoms with Crippen molar-refractivity contribution in [2.75, 3.05) is 0 Å². The topological polar surface area (TPSA) is 12.0 Å². The highest BCUT2D eigenvalue weighted by atomic mass is 15.0. The molecule has 2 fully saturated rings. The predicted molar refractivity (Wildman–Crippen MR) is 81.3 cm³/mol. The maximum atomic E-state index is 3.91. The highest BCUT2D eigenvalue weighted by molar-refractivity contribution is 5.24. The lowest BCUT2D eigenvalue weighted by Crippen LogP contribution is -2.54. The molecule has 3 rings (SSSR count). The Morgan fingerprint density at radius 3 is 2.32 bits per heavy atom. The average Bonchev–Trinajstić information content (AvgIpc) is 2.45. The Morgan fingerprint density at radius 2 is 1.74 bits per heavy atom. The Hall–Kier alpha value is -0.820. The first-order chi connectivity index (χ1) is 9.20. The zero-order valence-electron chi connectivity index (χ0n) is 12.4. The van der Waals surface area contributed by atoms with E-state index < -0.39 is 0 Å². The molecule has 0 saturated heterocycles. The zero-order valence-corrected chi connectivity index (χ0v) is 12.4. The molecule has 1 nitrogen and oxygen atoms in total. The fourth-order valence-corrected chi connectivity index (χ4v) is 4.06. The summed E-state index contributed by atoms with van der Waals surface area (Å²) in [5.74, 6) is 0. The number of benzene rings is 1. The molecule has 104 valence electrons. The predicted octanol–water partition coefficient (Wildman–Crippen LogP) is 4.76. The molecule has 0 bridgehead atoms. The second-order valence-electron chi connectivity index (χ2n) is 6.81. The van der Waals surface area contributed by atoms with E-state index in [1.54, 1.807) is 0 Å². The van der Waals surface area contributed by atoms with Gasteiger partial charge < -0.3 is 5.32 Å². The molecule has 2 atom stereocenters. The number of hydrogen-bond donors (Lipinski definition) is 1. The van der Waals surface area contributed by atoms with Gasteiger partial charge in [0.05, 0.1) is 0 Å². The highest BCUT2D eigenvalue weighted by Gasteiger charge is 2.46. The maximum Gasteiger partial charge on any atom is 0.0294 e. The van der Waals surface area contributed by atoms with Gasteiger partial charge in [-0.1, -0.05) is 49.1 Å². The first-order valence-corrected chi connectivity index (χ1v) is 8.02. The van der Waals surface area contributed by atoms with Gasteiger partial charge in [0.15, 0.2) is 0 Å². The van der Waals surface area contributed by atoms with E-state index in [1.165, 1.54) is 56.1 Å². The summed E-state index contributed by atoms with van der Waals surface area (Å²) in [7, 11) is 0. The minimum atomic E-state index is 0.490. The smallest absolute Gasteiger partial charge is 0.0294 e. The third-order valence-corrected chi connectivity index (χ3v) is 5.55. The van der Waals surface area contributed by atoms with E-state index in [0.717, 1.165) is 6.04 Å². The van der Waals surface area contributed by atoms with Crippen molar-refractivity contribution in [3.63, 3.8) is 0 Å². The van der Waals surface area contributed by atoms with Gasteiger partial charge in [-0.15, -0.1) is 0 Å². The molecule has 19 heavy (non-hydrogen) atoms. The van der Waals surface area contributed by atoms with Crippen LogP contribution in [0.4, 0.5) is 0 Å². The van der Waals surface area contributed by atoms with Gasteiger partial charge >= 0.3 is 0 Å². The molecule has 1 N–H and O–H groups in total.